The number of carbonyl (C=O) groups excluding carboxylic acids is 2. The van der Waals surface area contributed by atoms with Crippen LogP contribution in [-0.4, -0.2) is 33.4 Å². The van der Waals surface area contributed by atoms with Gasteiger partial charge in [0.25, 0.3) is 0 Å². The van der Waals surface area contributed by atoms with Crippen LogP contribution in [0, 0.1) is 13.8 Å². The lowest BCUT2D eigenvalue weighted by atomic mass is 10.2. The van der Waals surface area contributed by atoms with Gasteiger partial charge in [-0.25, -0.2) is 13.2 Å². The van der Waals surface area contributed by atoms with Gasteiger partial charge in [-0.05, 0) is 38.5 Å². The second kappa shape index (κ2) is 7.98. The van der Waals surface area contributed by atoms with Crippen molar-refractivity contribution >= 4 is 38.2 Å². The number of benzene rings is 1. The Balaban J connectivity index is 2.09. The number of hydrogen-bond donors (Lipinski definition) is 2. The van der Waals surface area contributed by atoms with Gasteiger partial charge in [-0.3, -0.25) is 4.79 Å². The molecule has 1 heterocycles. The van der Waals surface area contributed by atoms with Gasteiger partial charge in [0.05, 0.1) is 28.6 Å². The molecule has 1 amide bonds. The van der Waals surface area contributed by atoms with Crippen molar-refractivity contribution in [3.05, 3.63) is 46.3 Å². The van der Waals surface area contributed by atoms with Crippen LogP contribution in [-0.2, 0) is 19.6 Å². The van der Waals surface area contributed by atoms with Crippen molar-refractivity contribution in [2.24, 2.45) is 0 Å². The van der Waals surface area contributed by atoms with Gasteiger partial charge in [0.2, 0.25) is 15.9 Å². The third-order valence-electron chi connectivity index (χ3n) is 3.74. The average Bonchev–Trinajstić information content (AvgIpc) is 2.94. The molecule has 0 bridgehead atoms. The molecule has 1 atom stereocenters. The molecule has 0 spiro atoms. The molecule has 0 saturated heterocycles. The van der Waals surface area contributed by atoms with Gasteiger partial charge in [0, 0.05) is 5.38 Å². The molecular weight excluding hydrogens is 376 g/mol. The molecule has 0 fully saturated rings. The fraction of sp³-hybridized carbons (Fsp3) is 0.294. The molecule has 0 aliphatic rings. The highest BCUT2D eigenvalue weighted by Crippen LogP contribution is 2.28. The summed E-state index contributed by atoms with van der Waals surface area (Å²) >= 11 is 1.17. The third kappa shape index (κ3) is 4.48. The first-order chi connectivity index (χ1) is 12.2. The predicted octanol–water partition coefficient (Wildman–Crippen LogP) is 2.46. The highest BCUT2D eigenvalue weighted by atomic mass is 32.2. The molecule has 7 nitrogen and oxygen atoms in total. The van der Waals surface area contributed by atoms with Crippen LogP contribution in [0.25, 0.3) is 0 Å². The molecule has 0 saturated carbocycles. The maximum Gasteiger partial charge on any atom is 0.339 e. The van der Waals surface area contributed by atoms with E-state index in [2.05, 4.69) is 14.8 Å². The molecule has 0 unspecified atom stereocenters. The molecule has 0 aliphatic heterocycles. The number of carbonyl (C=O) groups is 2. The number of methoxy groups -OCH3 is 1. The van der Waals surface area contributed by atoms with Gasteiger partial charge in [0.1, 0.15) is 0 Å². The summed E-state index contributed by atoms with van der Waals surface area (Å²) in [6.45, 7) is 4.98. The molecule has 9 heteroatoms. The summed E-state index contributed by atoms with van der Waals surface area (Å²) in [6.07, 6.45) is 0. The highest BCUT2D eigenvalue weighted by Gasteiger charge is 2.23. The predicted molar refractivity (Wildman–Crippen MR) is 100.0 cm³/mol. The first-order valence-corrected chi connectivity index (χ1v) is 10.1. The van der Waals surface area contributed by atoms with E-state index in [9.17, 15) is 18.0 Å². The Labute approximate surface area is 156 Å². The number of ether oxygens (including phenoxy) is 1. The summed E-state index contributed by atoms with van der Waals surface area (Å²) in [5, 5.41) is 4.69. The van der Waals surface area contributed by atoms with Crippen LogP contribution in [0.1, 0.15) is 28.4 Å². The zero-order valence-electron chi connectivity index (χ0n) is 14.8. The van der Waals surface area contributed by atoms with Crippen molar-refractivity contribution in [2.75, 3.05) is 12.4 Å². The van der Waals surface area contributed by atoms with Crippen LogP contribution in [0.15, 0.2) is 34.5 Å². The maximum atomic E-state index is 12.4. The van der Waals surface area contributed by atoms with Crippen molar-refractivity contribution in [1.29, 1.82) is 0 Å². The third-order valence-corrected chi connectivity index (χ3v) is 6.29. The van der Waals surface area contributed by atoms with Crippen LogP contribution in [0.2, 0.25) is 0 Å². The van der Waals surface area contributed by atoms with E-state index in [0.29, 0.717) is 16.1 Å². The zero-order chi connectivity index (χ0) is 19.5. The Hall–Kier alpha value is -2.23. The Bertz CT molecular complexity index is 917. The van der Waals surface area contributed by atoms with E-state index in [1.54, 1.807) is 24.4 Å². The van der Waals surface area contributed by atoms with E-state index in [1.807, 2.05) is 6.92 Å². The van der Waals surface area contributed by atoms with Gasteiger partial charge in [0.15, 0.2) is 0 Å². The minimum Gasteiger partial charge on any atom is -0.465 e. The molecule has 0 radical (unpaired) electrons. The Morgan fingerprint density at radius 3 is 2.35 bits per heavy atom. The normalized spacial score (nSPS) is 12.5. The largest absolute Gasteiger partial charge is 0.465 e. The summed E-state index contributed by atoms with van der Waals surface area (Å²) in [5.74, 6) is -1.02. The standard InChI is InChI=1S/C17H20N2O5S2/c1-10-5-7-13(8-6-10)26(22,23)19-12(3)15(20)18-16-11(2)14(9-25-16)17(21)24-4/h5-9,12,19H,1-4H3,(H,18,20)/t12-/m0/s1. The van der Waals surface area contributed by atoms with Crippen LogP contribution < -0.4 is 10.0 Å². The van der Waals surface area contributed by atoms with Crippen LogP contribution >= 0.6 is 11.3 Å². The highest BCUT2D eigenvalue weighted by molar-refractivity contribution is 7.89. The molecule has 2 N–H and O–H groups in total. The van der Waals surface area contributed by atoms with Gasteiger partial charge in [-0.15, -0.1) is 11.3 Å². The quantitative estimate of drug-likeness (QED) is 0.731. The topological polar surface area (TPSA) is 102 Å². The van der Waals surface area contributed by atoms with Gasteiger partial charge >= 0.3 is 5.97 Å². The van der Waals surface area contributed by atoms with Gasteiger partial charge in [-0.2, -0.15) is 4.72 Å². The number of anilines is 1. The number of nitrogens with one attached hydrogen (secondary N) is 2. The molecule has 0 aliphatic carbocycles. The van der Waals surface area contributed by atoms with Gasteiger partial charge < -0.3 is 10.1 Å². The number of thiophene rings is 1. The second-order valence-corrected chi connectivity index (χ2v) is 8.33. The van der Waals surface area contributed by atoms with Crippen LogP contribution in [0.3, 0.4) is 0 Å². The number of hydrogen-bond acceptors (Lipinski definition) is 6. The Morgan fingerprint density at radius 1 is 1.15 bits per heavy atom. The summed E-state index contributed by atoms with van der Waals surface area (Å²) in [6, 6.07) is 5.33. The van der Waals surface area contributed by atoms with Crippen LogP contribution in [0.4, 0.5) is 5.00 Å². The minimum absolute atomic E-state index is 0.0861. The summed E-state index contributed by atoms with van der Waals surface area (Å²) in [5.41, 5.74) is 1.87. The molecule has 2 aromatic rings. The number of aryl methyl sites for hydroxylation is 1. The van der Waals surface area contributed by atoms with E-state index in [-0.39, 0.29) is 4.90 Å². The second-order valence-electron chi connectivity index (χ2n) is 5.74. The van der Waals surface area contributed by atoms with Crippen molar-refractivity contribution in [2.45, 2.75) is 31.7 Å². The smallest absolute Gasteiger partial charge is 0.339 e. The van der Waals surface area contributed by atoms with E-state index in [1.165, 1.54) is 37.5 Å². The monoisotopic (exact) mass is 396 g/mol. The Kier molecular flexibility index (Phi) is 6.17. The molecule has 26 heavy (non-hydrogen) atoms. The summed E-state index contributed by atoms with van der Waals surface area (Å²) < 4.78 is 31.7. The maximum absolute atomic E-state index is 12.4. The molecule has 2 rings (SSSR count). The SMILES string of the molecule is COC(=O)c1csc(NC(=O)[C@H](C)NS(=O)(=O)c2ccc(C)cc2)c1C. The Morgan fingerprint density at radius 2 is 1.77 bits per heavy atom. The van der Waals surface area contributed by atoms with E-state index in [0.717, 1.165) is 5.56 Å². The average molecular weight is 396 g/mol. The number of sulfonamides is 1. The fourth-order valence-corrected chi connectivity index (χ4v) is 4.30. The van der Waals surface area contributed by atoms with Crippen molar-refractivity contribution in [1.82, 2.24) is 4.72 Å². The molecule has 140 valence electrons. The van der Waals surface area contributed by atoms with E-state index < -0.39 is 27.9 Å². The lowest BCUT2D eigenvalue weighted by Gasteiger charge is -2.14. The summed E-state index contributed by atoms with van der Waals surface area (Å²) in [7, 11) is -2.54. The van der Waals surface area contributed by atoms with Crippen molar-refractivity contribution < 1.29 is 22.7 Å². The van der Waals surface area contributed by atoms with Gasteiger partial charge in [-0.1, -0.05) is 17.7 Å². The zero-order valence-corrected chi connectivity index (χ0v) is 16.5. The van der Waals surface area contributed by atoms with Crippen molar-refractivity contribution in [3.63, 3.8) is 0 Å². The first kappa shape index (κ1) is 20.1. The number of amides is 1. The van der Waals surface area contributed by atoms with Crippen molar-refractivity contribution in [3.8, 4) is 0 Å². The lowest BCUT2D eigenvalue weighted by Crippen LogP contribution is -2.41. The fourth-order valence-electron chi connectivity index (χ4n) is 2.14. The van der Waals surface area contributed by atoms with E-state index >= 15 is 0 Å². The number of rotatable bonds is 6. The first-order valence-electron chi connectivity index (χ1n) is 7.72. The molecular formula is C17H20N2O5S2. The van der Waals surface area contributed by atoms with Crippen LogP contribution in [0.5, 0.6) is 0 Å². The number of esters is 1. The summed E-state index contributed by atoms with van der Waals surface area (Å²) in [4.78, 5) is 24.0. The minimum atomic E-state index is -3.82. The lowest BCUT2D eigenvalue weighted by molar-refractivity contribution is -0.117. The molecule has 1 aromatic heterocycles. The van der Waals surface area contributed by atoms with E-state index in [4.69, 9.17) is 0 Å². The molecule has 1 aromatic carbocycles.